The Labute approximate surface area is 445 Å². The van der Waals surface area contributed by atoms with E-state index < -0.39 is 0 Å². The summed E-state index contributed by atoms with van der Waals surface area (Å²) in [5.74, 6) is 0. The lowest BCUT2D eigenvalue weighted by molar-refractivity contribution is 1.18. The molecule has 0 radical (unpaired) electrons. The largest absolute Gasteiger partial charge is 0.309 e. The fourth-order valence-corrected chi connectivity index (χ4v) is 14.7. The van der Waals surface area contributed by atoms with Crippen LogP contribution in [0, 0.1) is 0 Å². The molecule has 6 aromatic heterocycles. The predicted octanol–water partition coefficient (Wildman–Crippen LogP) is 19.8. The summed E-state index contributed by atoms with van der Waals surface area (Å²) in [5.41, 5.74) is 19.5. The van der Waals surface area contributed by atoms with E-state index in [4.69, 9.17) is 0 Å². The molecule has 0 amide bonds. The summed E-state index contributed by atoms with van der Waals surface area (Å²) >= 11 is 0. The molecule has 19 aromatic rings. The van der Waals surface area contributed by atoms with Crippen molar-refractivity contribution < 1.29 is 0 Å². The van der Waals surface area contributed by atoms with E-state index in [1.807, 2.05) is 0 Å². The molecule has 0 atom stereocenters. The van der Waals surface area contributed by atoms with Gasteiger partial charge in [0.2, 0.25) is 0 Å². The lowest BCUT2D eigenvalue weighted by Gasteiger charge is -2.12. The maximum absolute atomic E-state index is 2.65. The van der Waals surface area contributed by atoms with Crippen molar-refractivity contribution in [2.45, 2.75) is 0 Å². The Morgan fingerprint density at radius 3 is 1.32 bits per heavy atom. The first-order chi connectivity index (χ1) is 38.7. The summed E-state index contributed by atoms with van der Waals surface area (Å²) in [6, 6.07) is 95.3. The van der Waals surface area contributed by atoms with E-state index >= 15 is 0 Å². The topological polar surface area (TPSA) is 18.7 Å². The summed E-state index contributed by atoms with van der Waals surface area (Å²) in [4.78, 5) is 0. The van der Waals surface area contributed by atoms with Crippen LogP contribution in [0.2, 0.25) is 0 Å². The van der Waals surface area contributed by atoms with Gasteiger partial charge in [0.25, 0.3) is 0 Å². The molecule has 0 N–H and O–H groups in total. The van der Waals surface area contributed by atoms with Crippen LogP contribution < -0.4 is 0 Å². The summed E-state index contributed by atoms with van der Waals surface area (Å²) in [6.45, 7) is 0. The molecule has 4 heteroatoms. The van der Waals surface area contributed by atoms with Crippen LogP contribution >= 0.6 is 0 Å². The molecule has 0 unspecified atom stereocenters. The maximum Gasteiger partial charge on any atom is 0.0627 e. The fraction of sp³-hybridized carbons (Fsp3) is 0. The number of nitrogens with zero attached hydrogens (tertiary/aromatic N) is 4. The van der Waals surface area contributed by atoms with Gasteiger partial charge in [-0.05, 0) is 118 Å². The third-order valence-corrected chi connectivity index (χ3v) is 17.7. The molecule has 4 nitrogen and oxygen atoms in total. The molecular formula is C74H42N4. The zero-order valence-corrected chi connectivity index (χ0v) is 42.0. The van der Waals surface area contributed by atoms with Crippen LogP contribution in [0.3, 0.4) is 0 Å². The normalized spacial score (nSPS) is 12.6. The second kappa shape index (κ2) is 14.7. The maximum atomic E-state index is 2.65. The number of aromatic nitrogens is 4. The third-order valence-electron chi connectivity index (χ3n) is 17.7. The van der Waals surface area contributed by atoms with Crippen LogP contribution in [0.15, 0.2) is 255 Å². The smallest absolute Gasteiger partial charge is 0.0627 e. The van der Waals surface area contributed by atoms with Crippen LogP contribution in [0.5, 0.6) is 0 Å². The van der Waals surface area contributed by atoms with Crippen molar-refractivity contribution in [2.24, 2.45) is 0 Å². The third kappa shape index (κ3) is 5.06. The van der Waals surface area contributed by atoms with E-state index in [0.717, 1.165) is 5.69 Å². The summed E-state index contributed by atoms with van der Waals surface area (Å²) in [5, 5.41) is 20.4. The predicted molar refractivity (Wildman–Crippen MR) is 330 cm³/mol. The summed E-state index contributed by atoms with van der Waals surface area (Å²) < 4.78 is 10.1. The second-order valence-corrected chi connectivity index (χ2v) is 21.5. The van der Waals surface area contributed by atoms with Crippen molar-refractivity contribution in [3.05, 3.63) is 255 Å². The lowest BCUT2D eigenvalue weighted by Crippen LogP contribution is -1.93. The van der Waals surface area contributed by atoms with E-state index in [9.17, 15) is 0 Å². The van der Waals surface area contributed by atoms with Gasteiger partial charge in [0.1, 0.15) is 0 Å². The minimum Gasteiger partial charge on any atom is -0.309 e. The number of fused-ring (bicyclic) bond motifs is 23. The lowest BCUT2D eigenvalue weighted by atomic mass is 9.93. The van der Waals surface area contributed by atoms with Crippen LogP contribution in [-0.4, -0.2) is 17.9 Å². The summed E-state index contributed by atoms with van der Waals surface area (Å²) in [7, 11) is 0. The SMILES string of the molecule is c1ccc(-n2c3ccccc3c3cc(-c4cccc5c6cccc7c8c9c%10c%11ccccc%11cc%11c%12c%13ccccc%13cc(-c%13ccc%14c(c%13)c%13ccccc%13n%14-c%13ccccc%13)c%12n(c9ccc8n(c45)c67)c%11%10)ccc32)cc1. The second-order valence-electron chi connectivity index (χ2n) is 21.5. The highest BCUT2D eigenvalue weighted by molar-refractivity contribution is 6.42. The van der Waals surface area contributed by atoms with Gasteiger partial charge < -0.3 is 17.9 Å². The molecule has 0 aliphatic rings. The zero-order valence-electron chi connectivity index (χ0n) is 42.0. The van der Waals surface area contributed by atoms with E-state index in [1.165, 1.54) is 169 Å². The van der Waals surface area contributed by atoms with Crippen molar-refractivity contribution in [1.29, 1.82) is 0 Å². The molecule has 19 rings (SSSR count). The van der Waals surface area contributed by atoms with Gasteiger partial charge in [-0.1, -0.05) is 170 Å². The molecule has 0 fully saturated rings. The average molecular weight is 987 g/mol. The van der Waals surface area contributed by atoms with Gasteiger partial charge in [-0.2, -0.15) is 0 Å². The molecule has 6 heterocycles. The molecule has 0 spiro atoms. The van der Waals surface area contributed by atoms with Gasteiger partial charge in [0, 0.05) is 87.1 Å². The fourth-order valence-electron chi connectivity index (χ4n) is 14.7. The van der Waals surface area contributed by atoms with Crippen LogP contribution in [0.1, 0.15) is 0 Å². The Bertz CT molecular complexity index is 5790. The van der Waals surface area contributed by atoms with Gasteiger partial charge in [-0.15, -0.1) is 0 Å². The Balaban J connectivity index is 0.934. The van der Waals surface area contributed by atoms with E-state index in [-0.39, 0.29) is 0 Å². The number of rotatable bonds is 4. The minimum absolute atomic E-state index is 1.16. The molecule has 0 saturated heterocycles. The average Bonchev–Trinajstić information content (AvgIpc) is 3.63. The first kappa shape index (κ1) is 40.9. The number of benzene rings is 13. The number of para-hydroxylation sites is 6. The van der Waals surface area contributed by atoms with Crippen LogP contribution in [0.4, 0.5) is 0 Å². The van der Waals surface area contributed by atoms with E-state index in [1.54, 1.807) is 0 Å². The first-order valence-electron chi connectivity index (χ1n) is 27.1. The Morgan fingerprint density at radius 1 is 0.205 bits per heavy atom. The molecule has 0 bridgehead atoms. The highest BCUT2D eigenvalue weighted by Crippen LogP contribution is 2.52. The standard InChI is InChI=1S/C74H42N4/c1-3-19-47(20-4-1)75-61-31-13-11-25-52(61)58-40-45(33-35-63(58)75)51-27-15-28-54-55-29-16-30-56-68-65(77(71(51)54)72(55)56)37-38-66-70(68)69-50-24-10-8-18-44(50)42-60-67-49-23-9-7-17-43(49)39-57(73(67)78(66)74(60)69)46-34-36-64-59(41-46)53-26-12-14-32-62(53)76(64)48-21-5-2-6-22-48/h1-42H. The number of hydrogen-bond donors (Lipinski definition) is 0. The van der Waals surface area contributed by atoms with Gasteiger partial charge in [-0.25, -0.2) is 0 Å². The van der Waals surface area contributed by atoms with Gasteiger partial charge >= 0.3 is 0 Å². The monoisotopic (exact) mass is 986 g/mol. The van der Waals surface area contributed by atoms with Crippen LogP contribution in [0.25, 0.3) is 175 Å². The molecule has 78 heavy (non-hydrogen) atoms. The summed E-state index contributed by atoms with van der Waals surface area (Å²) in [6.07, 6.45) is 0. The Hall–Kier alpha value is -10.4. The molecule has 0 saturated carbocycles. The molecule has 0 aliphatic carbocycles. The van der Waals surface area contributed by atoms with Gasteiger partial charge in [0.15, 0.2) is 0 Å². The van der Waals surface area contributed by atoms with Crippen LogP contribution in [-0.2, 0) is 0 Å². The van der Waals surface area contributed by atoms with Gasteiger partial charge in [-0.3, -0.25) is 0 Å². The number of hydrogen-bond acceptors (Lipinski definition) is 0. The molecule has 13 aromatic carbocycles. The Morgan fingerprint density at radius 2 is 0.667 bits per heavy atom. The van der Waals surface area contributed by atoms with E-state index in [0.29, 0.717) is 0 Å². The first-order valence-corrected chi connectivity index (χ1v) is 27.1. The molecular weight excluding hydrogens is 945 g/mol. The Kier molecular flexibility index (Phi) is 7.71. The van der Waals surface area contributed by atoms with Crippen molar-refractivity contribution in [2.75, 3.05) is 0 Å². The zero-order chi connectivity index (χ0) is 50.5. The molecule has 358 valence electrons. The highest BCUT2D eigenvalue weighted by Gasteiger charge is 2.29. The quantitative estimate of drug-likeness (QED) is 0.167. The highest BCUT2D eigenvalue weighted by atomic mass is 15.0. The molecule has 0 aliphatic heterocycles. The van der Waals surface area contributed by atoms with Gasteiger partial charge in [0.05, 0.1) is 55.2 Å². The van der Waals surface area contributed by atoms with Crippen molar-refractivity contribution in [3.8, 4) is 33.6 Å². The van der Waals surface area contributed by atoms with E-state index in [2.05, 4.69) is 273 Å². The van der Waals surface area contributed by atoms with Crippen molar-refractivity contribution in [3.63, 3.8) is 0 Å². The minimum atomic E-state index is 1.16. The van der Waals surface area contributed by atoms with Crippen molar-refractivity contribution >= 4 is 141 Å². The van der Waals surface area contributed by atoms with Crippen molar-refractivity contribution in [1.82, 2.24) is 17.9 Å².